The molecule has 1 N–H and O–H groups in total. The summed E-state index contributed by atoms with van der Waals surface area (Å²) in [4.78, 5) is 11.9. The standard InChI is InChI=1S/C16H15ClFNO/c1-11-2-7-15(18)14(10-11)16(20)19-9-8-12-3-5-13(17)6-4-12/h2-7,10H,8-9H2,1H3,(H,19,20). The van der Waals surface area contributed by atoms with Gasteiger partial charge in [0.05, 0.1) is 5.56 Å². The summed E-state index contributed by atoms with van der Waals surface area (Å²) in [6.07, 6.45) is 0.677. The Kier molecular flexibility index (Phi) is 4.74. The average molecular weight is 292 g/mol. The van der Waals surface area contributed by atoms with Crippen LogP contribution < -0.4 is 5.32 Å². The zero-order valence-corrected chi connectivity index (χ0v) is 11.9. The molecule has 0 aliphatic heterocycles. The van der Waals surface area contributed by atoms with Gasteiger partial charge in [-0.05, 0) is 43.2 Å². The second kappa shape index (κ2) is 6.53. The summed E-state index contributed by atoms with van der Waals surface area (Å²) < 4.78 is 13.5. The molecule has 2 aromatic carbocycles. The van der Waals surface area contributed by atoms with Crippen molar-refractivity contribution < 1.29 is 9.18 Å². The van der Waals surface area contributed by atoms with Gasteiger partial charge in [-0.15, -0.1) is 0 Å². The third-order valence-electron chi connectivity index (χ3n) is 2.98. The molecule has 0 radical (unpaired) electrons. The van der Waals surface area contributed by atoms with Crippen molar-refractivity contribution in [1.82, 2.24) is 5.32 Å². The second-order valence-corrected chi connectivity index (χ2v) is 5.05. The Labute approximate surface area is 122 Å². The van der Waals surface area contributed by atoms with E-state index < -0.39 is 5.82 Å². The van der Waals surface area contributed by atoms with Crippen molar-refractivity contribution in [3.63, 3.8) is 0 Å². The Balaban J connectivity index is 1.92. The molecule has 2 aromatic rings. The maximum absolute atomic E-state index is 13.5. The highest BCUT2D eigenvalue weighted by Gasteiger charge is 2.10. The van der Waals surface area contributed by atoms with Crippen molar-refractivity contribution in [3.05, 3.63) is 70.0 Å². The number of hydrogen-bond donors (Lipinski definition) is 1. The van der Waals surface area contributed by atoms with Crippen LogP contribution in [-0.2, 0) is 6.42 Å². The van der Waals surface area contributed by atoms with E-state index in [1.807, 2.05) is 19.1 Å². The van der Waals surface area contributed by atoms with Gasteiger partial charge in [0, 0.05) is 11.6 Å². The van der Waals surface area contributed by atoms with Gasteiger partial charge in [-0.3, -0.25) is 4.79 Å². The lowest BCUT2D eigenvalue weighted by Gasteiger charge is -2.07. The van der Waals surface area contributed by atoms with E-state index in [1.54, 1.807) is 24.3 Å². The van der Waals surface area contributed by atoms with Crippen LogP contribution in [0.1, 0.15) is 21.5 Å². The van der Waals surface area contributed by atoms with Crippen LogP contribution in [0.3, 0.4) is 0 Å². The monoisotopic (exact) mass is 291 g/mol. The van der Waals surface area contributed by atoms with Crippen LogP contribution in [0.5, 0.6) is 0 Å². The first-order chi connectivity index (χ1) is 9.56. The van der Waals surface area contributed by atoms with Crippen LogP contribution in [0, 0.1) is 12.7 Å². The lowest BCUT2D eigenvalue weighted by Crippen LogP contribution is -2.26. The topological polar surface area (TPSA) is 29.1 Å². The average Bonchev–Trinajstić information content (AvgIpc) is 2.43. The Morgan fingerprint density at radius 3 is 2.60 bits per heavy atom. The highest BCUT2D eigenvalue weighted by molar-refractivity contribution is 6.30. The summed E-state index contributed by atoms with van der Waals surface area (Å²) in [5.74, 6) is -0.889. The van der Waals surface area contributed by atoms with Gasteiger partial charge in [-0.1, -0.05) is 35.4 Å². The van der Waals surface area contributed by atoms with Crippen LogP contribution >= 0.6 is 11.6 Å². The van der Waals surface area contributed by atoms with E-state index >= 15 is 0 Å². The van der Waals surface area contributed by atoms with Crippen LogP contribution in [0.2, 0.25) is 5.02 Å². The predicted octanol–water partition coefficient (Wildman–Crippen LogP) is 3.76. The molecular weight excluding hydrogens is 277 g/mol. The first-order valence-corrected chi connectivity index (χ1v) is 6.73. The molecule has 104 valence electrons. The number of rotatable bonds is 4. The summed E-state index contributed by atoms with van der Waals surface area (Å²) >= 11 is 5.80. The summed E-state index contributed by atoms with van der Waals surface area (Å²) in [5, 5.41) is 3.40. The van der Waals surface area contributed by atoms with Gasteiger partial charge < -0.3 is 5.32 Å². The van der Waals surface area contributed by atoms with E-state index in [-0.39, 0.29) is 11.5 Å². The minimum atomic E-state index is -0.500. The summed E-state index contributed by atoms with van der Waals surface area (Å²) in [5.41, 5.74) is 2.01. The molecule has 0 saturated carbocycles. The fourth-order valence-electron chi connectivity index (χ4n) is 1.88. The zero-order valence-electron chi connectivity index (χ0n) is 11.1. The van der Waals surface area contributed by atoms with Crippen LogP contribution in [0.15, 0.2) is 42.5 Å². The maximum atomic E-state index is 13.5. The van der Waals surface area contributed by atoms with Crippen molar-refractivity contribution in [2.24, 2.45) is 0 Å². The fraction of sp³-hybridized carbons (Fsp3) is 0.188. The Morgan fingerprint density at radius 1 is 1.20 bits per heavy atom. The lowest BCUT2D eigenvalue weighted by molar-refractivity contribution is 0.0950. The van der Waals surface area contributed by atoms with Gasteiger partial charge in [0.1, 0.15) is 5.82 Å². The smallest absolute Gasteiger partial charge is 0.254 e. The van der Waals surface area contributed by atoms with Crippen LogP contribution in [-0.4, -0.2) is 12.5 Å². The largest absolute Gasteiger partial charge is 0.352 e. The van der Waals surface area contributed by atoms with Gasteiger partial charge in [-0.25, -0.2) is 4.39 Å². The van der Waals surface area contributed by atoms with E-state index in [9.17, 15) is 9.18 Å². The molecule has 0 spiro atoms. The van der Waals surface area contributed by atoms with Crippen LogP contribution in [0.25, 0.3) is 0 Å². The summed E-state index contributed by atoms with van der Waals surface area (Å²) in [7, 11) is 0. The predicted molar refractivity (Wildman–Crippen MR) is 78.6 cm³/mol. The number of nitrogens with one attached hydrogen (secondary N) is 1. The van der Waals surface area contributed by atoms with Crippen molar-refractivity contribution in [3.8, 4) is 0 Å². The Morgan fingerprint density at radius 2 is 1.90 bits per heavy atom. The second-order valence-electron chi connectivity index (χ2n) is 4.62. The Bertz CT molecular complexity index is 610. The van der Waals surface area contributed by atoms with Gasteiger partial charge in [-0.2, -0.15) is 0 Å². The van der Waals surface area contributed by atoms with E-state index in [0.717, 1.165) is 11.1 Å². The number of benzene rings is 2. The lowest BCUT2D eigenvalue weighted by atomic mass is 10.1. The third-order valence-corrected chi connectivity index (χ3v) is 3.23. The number of amides is 1. The number of carbonyl (C=O) groups excluding carboxylic acids is 1. The zero-order chi connectivity index (χ0) is 14.5. The van der Waals surface area contributed by atoms with E-state index in [2.05, 4.69) is 5.32 Å². The van der Waals surface area contributed by atoms with Gasteiger partial charge in [0.2, 0.25) is 0 Å². The maximum Gasteiger partial charge on any atom is 0.254 e. The molecule has 0 bridgehead atoms. The van der Waals surface area contributed by atoms with E-state index in [4.69, 9.17) is 11.6 Å². The molecule has 20 heavy (non-hydrogen) atoms. The SMILES string of the molecule is Cc1ccc(F)c(C(=O)NCCc2ccc(Cl)cc2)c1. The first kappa shape index (κ1) is 14.5. The van der Waals surface area contributed by atoms with Gasteiger partial charge >= 0.3 is 0 Å². The molecule has 4 heteroatoms. The molecule has 0 aliphatic carbocycles. The van der Waals surface area contributed by atoms with E-state index in [1.165, 1.54) is 6.07 Å². The molecule has 0 aromatic heterocycles. The van der Waals surface area contributed by atoms with Gasteiger partial charge in [0.15, 0.2) is 0 Å². The molecule has 0 fully saturated rings. The third kappa shape index (κ3) is 3.81. The minimum Gasteiger partial charge on any atom is -0.352 e. The van der Waals surface area contributed by atoms with Crippen molar-refractivity contribution in [1.29, 1.82) is 0 Å². The molecule has 0 saturated heterocycles. The molecule has 0 aliphatic rings. The molecule has 0 heterocycles. The molecule has 1 amide bonds. The highest BCUT2D eigenvalue weighted by atomic mass is 35.5. The van der Waals surface area contributed by atoms with Crippen LogP contribution in [0.4, 0.5) is 4.39 Å². The molecule has 0 atom stereocenters. The van der Waals surface area contributed by atoms with E-state index in [0.29, 0.717) is 18.0 Å². The molecule has 2 nitrogen and oxygen atoms in total. The Hall–Kier alpha value is -1.87. The first-order valence-electron chi connectivity index (χ1n) is 6.35. The number of carbonyl (C=O) groups is 1. The molecular formula is C16H15ClFNO. The normalized spacial score (nSPS) is 10.3. The number of hydrogen-bond acceptors (Lipinski definition) is 1. The highest BCUT2D eigenvalue weighted by Crippen LogP contribution is 2.11. The van der Waals surface area contributed by atoms with Crippen molar-refractivity contribution in [2.75, 3.05) is 6.54 Å². The summed E-state index contributed by atoms with van der Waals surface area (Å²) in [6.45, 7) is 2.28. The number of halogens is 2. The van der Waals surface area contributed by atoms with Crippen molar-refractivity contribution in [2.45, 2.75) is 13.3 Å². The van der Waals surface area contributed by atoms with Crippen molar-refractivity contribution >= 4 is 17.5 Å². The summed E-state index contributed by atoms with van der Waals surface area (Å²) in [6, 6.07) is 11.9. The minimum absolute atomic E-state index is 0.0844. The fourth-order valence-corrected chi connectivity index (χ4v) is 2.01. The molecule has 0 unspecified atom stereocenters. The quantitative estimate of drug-likeness (QED) is 0.913. The molecule has 2 rings (SSSR count). The number of aryl methyl sites for hydroxylation is 1. The van der Waals surface area contributed by atoms with Gasteiger partial charge in [0.25, 0.3) is 5.91 Å².